The fourth-order valence-electron chi connectivity index (χ4n) is 1.84. The van der Waals surface area contributed by atoms with E-state index in [0.717, 1.165) is 32.4 Å². The Bertz CT molecular complexity index is 714. The van der Waals surface area contributed by atoms with E-state index in [1.54, 1.807) is 23.1 Å². The number of hydrogen-bond donors (Lipinski definition) is 1. The van der Waals surface area contributed by atoms with Crippen molar-refractivity contribution < 1.29 is 0 Å². The molecule has 1 aromatic heterocycles. The molecule has 0 aliphatic heterocycles. The van der Waals surface area contributed by atoms with Gasteiger partial charge in [0.1, 0.15) is 0 Å². The summed E-state index contributed by atoms with van der Waals surface area (Å²) >= 11 is 9.16. The van der Waals surface area contributed by atoms with Gasteiger partial charge in [0.2, 0.25) is 5.13 Å². The molecule has 112 valence electrons. The van der Waals surface area contributed by atoms with E-state index in [-0.39, 0.29) is 0 Å². The Balaban J connectivity index is 1.51. The highest BCUT2D eigenvalue weighted by molar-refractivity contribution is 8.00. The number of nitrogens with zero attached hydrogens (tertiary/aromatic N) is 2. The summed E-state index contributed by atoms with van der Waals surface area (Å²) in [6, 6.07) is 18.1. The van der Waals surface area contributed by atoms with Crippen LogP contribution in [0, 0.1) is 0 Å². The van der Waals surface area contributed by atoms with Crippen molar-refractivity contribution in [3.05, 3.63) is 70.7 Å². The Morgan fingerprint density at radius 2 is 1.73 bits per heavy atom. The summed E-state index contributed by atoms with van der Waals surface area (Å²) in [5.74, 6) is 0.909. The normalized spacial score (nSPS) is 10.6. The summed E-state index contributed by atoms with van der Waals surface area (Å²) in [5.41, 5.74) is 2.46. The van der Waals surface area contributed by atoms with Crippen LogP contribution in [0.1, 0.15) is 11.1 Å². The molecular weight excluding hydrogens is 334 g/mol. The minimum Gasteiger partial charge on any atom is -0.356 e. The topological polar surface area (TPSA) is 37.8 Å². The van der Waals surface area contributed by atoms with Crippen LogP contribution in [0.5, 0.6) is 0 Å². The molecule has 0 saturated heterocycles. The number of rotatable bonds is 6. The van der Waals surface area contributed by atoms with Crippen molar-refractivity contribution in [3.8, 4) is 0 Å². The first-order chi connectivity index (χ1) is 10.8. The Labute approximate surface area is 142 Å². The van der Waals surface area contributed by atoms with Gasteiger partial charge in [-0.25, -0.2) is 0 Å². The molecule has 3 rings (SSSR count). The highest BCUT2D eigenvalue weighted by Crippen LogP contribution is 2.28. The number of anilines is 1. The standard InChI is InChI=1S/C16H14ClN3S2/c17-14-8-6-12(7-9-14)10-18-15-19-20-16(22-15)21-11-13-4-2-1-3-5-13/h1-9H,10-11H2,(H,18,19). The van der Waals surface area contributed by atoms with Gasteiger partial charge in [-0.1, -0.05) is 77.2 Å². The lowest BCUT2D eigenvalue weighted by Gasteiger charge is -2.01. The second kappa shape index (κ2) is 7.63. The van der Waals surface area contributed by atoms with Gasteiger partial charge < -0.3 is 5.32 Å². The number of aromatic nitrogens is 2. The molecule has 1 N–H and O–H groups in total. The monoisotopic (exact) mass is 347 g/mol. The molecule has 22 heavy (non-hydrogen) atoms. The van der Waals surface area contributed by atoms with Crippen molar-refractivity contribution in [2.24, 2.45) is 0 Å². The van der Waals surface area contributed by atoms with Gasteiger partial charge >= 0.3 is 0 Å². The first-order valence-electron chi connectivity index (χ1n) is 6.78. The average molecular weight is 348 g/mol. The van der Waals surface area contributed by atoms with Crippen LogP contribution in [0.15, 0.2) is 58.9 Å². The van der Waals surface area contributed by atoms with Crippen molar-refractivity contribution in [2.75, 3.05) is 5.32 Å². The highest BCUT2D eigenvalue weighted by atomic mass is 35.5. The van der Waals surface area contributed by atoms with E-state index >= 15 is 0 Å². The molecule has 0 atom stereocenters. The zero-order valence-corrected chi connectivity index (χ0v) is 14.1. The van der Waals surface area contributed by atoms with Crippen LogP contribution in [-0.2, 0) is 12.3 Å². The predicted octanol–water partition coefficient (Wildman–Crippen LogP) is 5.10. The smallest absolute Gasteiger partial charge is 0.206 e. The van der Waals surface area contributed by atoms with Crippen LogP contribution in [0.25, 0.3) is 0 Å². The molecule has 2 aromatic carbocycles. The second-order valence-corrected chi connectivity index (χ2v) is 7.26. The van der Waals surface area contributed by atoms with E-state index in [4.69, 9.17) is 11.6 Å². The van der Waals surface area contributed by atoms with Crippen molar-refractivity contribution >= 4 is 39.8 Å². The lowest BCUT2D eigenvalue weighted by molar-refractivity contribution is 0.995. The van der Waals surface area contributed by atoms with Gasteiger partial charge in [0.05, 0.1) is 0 Å². The zero-order chi connectivity index (χ0) is 15.2. The minimum atomic E-state index is 0.717. The molecule has 0 unspecified atom stereocenters. The van der Waals surface area contributed by atoms with Gasteiger partial charge in [-0.2, -0.15) is 0 Å². The van der Waals surface area contributed by atoms with Gasteiger partial charge in [-0.15, -0.1) is 10.2 Å². The van der Waals surface area contributed by atoms with Gasteiger partial charge in [0, 0.05) is 17.3 Å². The number of benzene rings is 2. The first kappa shape index (κ1) is 15.3. The molecule has 6 heteroatoms. The van der Waals surface area contributed by atoms with Crippen molar-refractivity contribution in [1.29, 1.82) is 0 Å². The zero-order valence-electron chi connectivity index (χ0n) is 11.7. The number of hydrogen-bond acceptors (Lipinski definition) is 5. The summed E-state index contributed by atoms with van der Waals surface area (Å²) in [7, 11) is 0. The molecule has 0 aliphatic rings. The lowest BCUT2D eigenvalue weighted by Crippen LogP contribution is -1.98. The van der Waals surface area contributed by atoms with E-state index < -0.39 is 0 Å². The van der Waals surface area contributed by atoms with E-state index in [0.29, 0.717) is 0 Å². The van der Waals surface area contributed by atoms with Gasteiger partial charge in [0.15, 0.2) is 4.34 Å². The lowest BCUT2D eigenvalue weighted by atomic mass is 10.2. The van der Waals surface area contributed by atoms with Gasteiger partial charge in [0.25, 0.3) is 0 Å². The maximum absolute atomic E-state index is 5.87. The predicted molar refractivity (Wildman–Crippen MR) is 94.7 cm³/mol. The quantitative estimate of drug-likeness (QED) is 0.630. The van der Waals surface area contributed by atoms with Crippen LogP contribution >= 0.6 is 34.7 Å². The molecule has 1 heterocycles. The maximum atomic E-state index is 5.87. The summed E-state index contributed by atoms with van der Waals surface area (Å²) in [4.78, 5) is 0. The van der Waals surface area contributed by atoms with Crippen LogP contribution in [-0.4, -0.2) is 10.2 Å². The Kier molecular flexibility index (Phi) is 5.32. The SMILES string of the molecule is Clc1ccc(CNc2nnc(SCc3ccccc3)s2)cc1. The largest absolute Gasteiger partial charge is 0.356 e. The number of halogens is 1. The number of nitrogens with one attached hydrogen (secondary N) is 1. The fraction of sp³-hybridized carbons (Fsp3) is 0.125. The third-order valence-corrected chi connectivity index (χ3v) is 5.31. The fourth-order valence-corrected chi connectivity index (χ4v) is 3.67. The van der Waals surface area contributed by atoms with Crippen LogP contribution in [0.4, 0.5) is 5.13 Å². The Hall–Kier alpha value is -1.56. The van der Waals surface area contributed by atoms with Crippen LogP contribution < -0.4 is 5.32 Å². The minimum absolute atomic E-state index is 0.717. The molecule has 0 amide bonds. The molecule has 3 aromatic rings. The summed E-state index contributed by atoms with van der Waals surface area (Å²) in [5, 5.41) is 13.3. The van der Waals surface area contributed by atoms with Crippen LogP contribution in [0.2, 0.25) is 5.02 Å². The van der Waals surface area contributed by atoms with Crippen LogP contribution in [0.3, 0.4) is 0 Å². The Morgan fingerprint density at radius 1 is 0.955 bits per heavy atom. The molecule has 0 radical (unpaired) electrons. The maximum Gasteiger partial charge on any atom is 0.206 e. The van der Waals surface area contributed by atoms with Crippen molar-refractivity contribution in [3.63, 3.8) is 0 Å². The van der Waals surface area contributed by atoms with Crippen molar-refractivity contribution in [2.45, 2.75) is 16.6 Å². The van der Waals surface area contributed by atoms with E-state index in [1.165, 1.54) is 5.56 Å². The molecule has 0 aliphatic carbocycles. The third-order valence-electron chi connectivity index (χ3n) is 2.97. The number of thioether (sulfide) groups is 1. The third kappa shape index (κ3) is 4.47. The molecule has 3 nitrogen and oxygen atoms in total. The Morgan fingerprint density at radius 3 is 2.50 bits per heavy atom. The summed E-state index contributed by atoms with van der Waals surface area (Å²) < 4.78 is 0.974. The van der Waals surface area contributed by atoms with Gasteiger partial charge in [-0.3, -0.25) is 0 Å². The van der Waals surface area contributed by atoms with E-state index in [1.807, 2.05) is 30.3 Å². The molecule has 0 bridgehead atoms. The molecular formula is C16H14ClN3S2. The van der Waals surface area contributed by atoms with Gasteiger partial charge in [-0.05, 0) is 23.3 Å². The highest BCUT2D eigenvalue weighted by Gasteiger charge is 2.05. The van der Waals surface area contributed by atoms with E-state index in [2.05, 4.69) is 39.8 Å². The van der Waals surface area contributed by atoms with E-state index in [9.17, 15) is 0 Å². The molecule has 0 saturated carbocycles. The first-order valence-corrected chi connectivity index (χ1v) is 8.96. The average Bonchev–Trinajstić information content (AvgIpc) is 3.01. The molecule has 0 spiro atoms. The summed E-state index contributed by atoms with van der Waals surface area (Å²) in [6.45, 7) is 0.717. The van der Waals surface area contributed by atoms with Crippen molar-refractivity contribution in [1.82, 2.24) is 10.2 Å². The summed E-state index contributed by atoms with van der Waals surface area (Å²) in [6.07, 6.45) is 0. The second-order valence-electron chi connectivity index (χ2n) is 4.63. The molecule has 0 fully saturated rings.